The van der Waals surface area contributed by atoms with Gasteiger partial charge in [0.05, 0.1) is 30.8 Å². The Labute approximate surface area is 515 Å². The Balaban J connectivity index is 2.76. The standard InChI is InChI=1S/C59H100N12O17/c1-12-23-37(74)25-21-19-17-15-14-16-18-20-24-32(5)45-49(77)57(85)65-44(31(3)4)54(82)63-38(13-2)51(79)67-47(35(8)73)56(84)68-46(34(7)72)55(83)64-39(27-28-42(60)75)52(80)62-33(6)50(78)69-48(36(9)88-11)59(87)70(10)41(30-43(61)76)58(86)71-29-22-26-40(71)53(81)66-45/h13,31-36,39-41,44-49,72-73,77H,12,14-30H2,1-11H3,(H2,60,75)(H2,61,76)(H,62,80)(H,63,82)(H,64,83)(H,65,85)(H,66,81)(H,67,79)(H,68,84)(H,69,78). The number of Topliss-reactive ketones (excluding diaryl/α,β-unsaturated/α-hetero) is 1. The fourth-order valence-corrected chi connectivity index (χ4v) is 10.3. The number of methoxy groups -OCH3 is 1. The van der Waals surface area contributed by atoms with Crippen LogP contribution in [0.25, 0.3) is 0 Å². The number of ether oxygens (including phenoxy) is 1. The lowest BCUT2D eigenvalue weighted by Gasteiger charge is -2.36. The number of ketones is 1. The Morgan fingerprint density at radius 3 is 1.75 bits per heavy atom. The van der Waals surface area contributed by atoms with Gasteiger partial charge in [-0.25, -0.2) is 0 Å². The topological polar surface area (TPSA) is 447 Å². The van der Waals surface area contributed by atoms with Crippen molar-refractivity contribution in [1.82, 2.24) is 52.3 Å². The largest absolute Gasteiger partial charge is 0.391 e. The van der Waals surface area contributed by atoms with Crippen LogP contribution in [0.5, 0.6) is 0 Å². The molecule has 0 bridgehead atoms. The first kappa shape index (κ1) is 77.0. The fourth-order valence-electron chi connectivity index (χ4n) is 10.3. The summed E-state index contributed by atoms with van der Waals surface area (Å²) in [5.41, 5.74) is 10.5. The maximum atomic E-state index is 14.8. The van der Waals surface area contributed by atoms with Crippen molar-refractivity contribution in [3.63, 3.8) is 0 Å². The van der Waals surface area contributed by atoms with E-state index in [1.54, 1.807) is 20.8 Å². The minimum absolute atomic E-state index is 0.0508. The molecular weight excluding hydrogens is 1150 g/mol. The van der Waals surface area contributed by atoms with Crippen molar-refractivity contribution in [3.05, 3.63) is 11.8 Å². The average Bonchev–Trinajstić information content (AvgIpc) is 1.74. The second-order valence-corrected chi connectivity index (χ2v) is 23.5. The molecule has 14 atom stereocenters. The highest BCUT2D eigenvalue weighted by Gasteiger charge is 2.45. The van der Waals surface area contributed by atoms with Crippen molar-refractivity contribution in [3.8, 4) is 0 Å². The number of primary amides is 2. The number of likely N-dealkylation sites (N-methyl/N-ethyl adjacent to an activating group) is 1. The van der Waals surface area contributed by atoms with Crippen molar-refractivity contribution in [2.75, 3.05) is 20.7 Å². The zero-order valence-electron chi connectivity index (χ0n) is 53.1. The van der Waals surface area contributed by atoms with Gasteiger partial charge in [-0.05, 0) is 85.0 Å². The van der Waals surface area contributed by atoms with Crippen molar-refractivity contribution in [2.45, 2.75) is 250 Å². The third-order valence-corrected chi connectivity index (χ3v) is 15.9. The molecule has 29 heteroatoms. The van der Waals surface area contributed by atoms with Gasteiger partial charge in [0.2, 0.25) is 59.1 Å². The van der Waals surface area contributed by atoms with Gasteiger partial charge < -0.3 is 83.9 Å². The van der Waals surface area contributed by atoms with Crippen LogP contribution in [0, 0.1) is 11.8 Å². The Kier molecular flexibility index (Phi) is 33.5. The normalized spacial score (nSPS) is 26.8. The third-order valence-electron chi connectivity index (χ3n) is 15.9. The number of nitrogens with one attached hydrogen (secondary N) is 8. The van der Waals surface area contributed by atoms with Gasteiger partial charge in [-0.3, -0.25) is 62.3 Å². The molecule has 88 heavy (non-hydrogen) atoms. The van der Waals surface area contributed by atoms with Crippen LogP contribution in [-0.4, -0.2) is 201 Å². The Morgan fingerprint density at radius 2 is 1.20 bits per heavy atom. The number of aliphatic hydroxyl groups excluding tert-OH is 3. The van der Waals surface area contributed by atoms with Gasteiger partial charge >= 0.3 is 0 Å². The van der Waals surface area contributed by atoms with Crippen LogP contribution in [0.3, 0.4) is 0 Å². The van der Waals surface area contributed by atoms with Gasteiger partial charge in [-0.1, -0.05) is 78.7 Å². The summed E-state index contributed by atoms with van der Waals surface area (Å²) in [6.45, 7) is 12.9. The molecule has 2 rings (SSSR count). The van der Waals surface area contributed by atoms with Crippen molar-refractivity contribution >= 4 is 76.7 Å². The molecule has 0 saturated carbocycles. The molecule has 0 radical (unpaired) electrons. The van der Waals surface area contributed by atoms with Gasteiger partial charge in [-0.2, -0.15) is 0 Å². The summed E-state index contributed by atoms with van der Waals surface area (Å²) in [5.74, 6) is -13.5. The Morgan fingerprint density at radius 1 is 0.648 bits per heavy atom. The number of allylic oxidation sites excluding steroid dienone is 1. The highest BCUT2D eigenvalue weighted by Crippen LogP contribution is 2.25. The van der Waals surface area contributed by atoms with E-state index in [0.717, 1.165) is 81.1 Å². The number of hydrogen-bond acceptors (Lipinski definition) is 17. The number of fused-ring (bicyclic) bond motifs is 1. The summed E-state index contributed by atoms with van der Waals surface area (Å²) in [4.78, 5) is 180. The molecule has 12 amide bonds. The van der Waals surface area contributed by atoms with E-state index in [9.17, 15) is 77.6 Å². The number of carbonyl (C=O) groups excluding carboxylic acids is 13. The zero-order chi connectivity index (χ0) is 66.7. The van der Waals surface area contributed by atoms with Gasteiger partial charge in [0, 0.05) is 40.0 Å². The van der Waals surface area contributed by atoms with E-state index in [4.69, 9.17) is 16.2 Å². The van der Waals surface area contributed by atoms with Gasteiger partial charge in [0.25, 0.3) is 11.8 Å². The predicted octanol–water partition coefficient (Wildman–Crippen LogP) is -1.89. The third kappa shape index (κ3) is 24.5. The molecule has 2 saturated heterocycles. The van der Waals surface area contributed by atoms with Crippen LogP contribution in [-0.2, 0) is 67.1 Å². The zero-order valence-corrected chi connectivity index (χ0v) is 53.1. The number of aliphatic hydroxyl groups is 3. The van der Waals surface area contributed by atoms with Gasteiger partial charge in [0.1, 0.15) is 59.8 Å². The quantitative estimate of drug-likeness (QED) is 0.0371. The minimum Gasteiger partial charge on any atom is -0.391 e. The molecule has 498 valence electrons. The number of rotatable bonds is 24. The van der Waals surface area contributed by atoms with Crippen LogP contribution in [0.4, 0.5) is 0 Å². The molecule has 2 fully saturated rings. The maximum absolute atomic E-state index is 14.8. The molecular formula is C59H100N12O17. The molecule has 0 aromatic heterocycles. The lowest BCUT2D eigenvalue weighted by Crippen LogP contribution is -2.63. The SMILES string of the molecule is CC=C1NC(=O)C(C(C)C)NC(=O)C(O)C(C(C)CCCCCCCCCCC(=O)CCC)NC(=O)C2CCCN2C(=O)C(CC(N)=O)N(C)C(=O)C(C(C)OC)NC(=O)C(C)NC(=O)C(CCC(N)=O)NC(=O)C(C(C)O)NC(=O)C(C(C)O)NC1=O. The molecule has 0 aromatic carbocycles. The highest BCUT2D eigenvalue weighted by atomic mass is 16.5. The summed E-state index contributed by atoms with van der Waals surface area (Å²) in [6, 6.07) is -14.5. The monoisotopic (exact) mass is 1250 g/mol. The smallest absolute Gasteiger partial charge is 0.268 e. The van der Waals surface area contributed by atoms with Crippen LogP contribution in [0.15, 0.2) is 11.8 Å². The summed E-state index contributed by atoms with van der Waals surface area (Å²) >= 11 is 0. The van der Waals surface area contributed by atoms with E-state index in [1.807, 2.05) is 6.92 Å². The van der Waals surface area contributed by atoms with Crippen LogP contribution in [0.2, 0.25) is 0 Å². The maximum Gasteiger partial charge on any atom is 0.268 e. The number of carbonyl (C=O) groups is 13. The van der Waals surface area contributed by atoms with E-state index >= 15 is 0 Å². The summed E-state index contributed by atoms with van der Waals surface area (Å²) in [6.07, 6.45) is 2.40. The molecule has 2 aliphatic heterocycles. The van der Waals surface area contributed by atoms with Gasteiger partial charge in [-0.15, -0.1) is 0 Å². The number of nitrogens with two attached hydrogens (primary N) is 2. The first-order valence-corrected chi connectivity index (χ1v) is 30.7. The molecule has 14 unspecified atom stereocenters. The van der Waals surface area contributed by atoms with E-state index in [2.05, 4.69) is 42.5 Å². The van der Waals surface area contributed by atoms with E-state index in [-0.39, 0.29) is 25.2 Å². The van der Waals surface area contributed by atoms with Crippen LogP contribution >= 0.6 is 0 Å². The average molecular weight is 1250 g/mol. The van der Waals surface area contributed by atoms with E-state index in [0.29, 0.717) is 25.7 Å². The predicted molar refractivity (Wildman–Crippen MR) is 321 cm³/mol. The second kappa shape index (κ2) is 38.3. The first-order valence-electron chi connectivity index (χ1n) is 30.7. The van der Waals surface area contributed by atoms with Gasteiger partial charge in [0.15, 0.2) is 6.10 Å². The fraction of sp³-hybridized carbons (Fsp3) is 0.746. The summed E-state index contributed by atoms with van der Waals surface area (Å²) in [5, 5.41) is 52.9. The molecule has 0 aromatic rings. The van der Waals surface area contributed by atoms with Crippen molar-refractivity contribution < 1.29 is 82.4 Å². The molecule has 0 aliphatic carbocycles. The van der Waals surface area contributed by atoms with Crippen molar-refractivity contribution in [1.29, 1.82) is 0 Å². The first-order chi connectivity index (χ1) is 41.3. The summed E-state index contributed by atoms with van der Waals surface area (Å²) in [7, 11) is 2.38. The number of nitrogens with zero attached hydrogens (tertiary/aromatic N) is 2. The molecule has 2 aliphatic rings. The number of unbranched alkanes of at least 4 members (excludes halogenated alkanes) is 7. The van der Waals surface area contributed by atoms with Crippen LogP contribution < -0.4 is 54.0 Å². The molecule has 15 N–H and O–H groups in total. The lowest BCUT2D eigenvalue weighted by atomic mass is 9.90. The highest BCUT2D eigenvalue weighted by molar-refractivity contribution is 6.03. The van der Waals surface area contributed by atoms with E-state index in [1.165, 1.54) is 34.9 Å². The van der Waals surface area contributed by atoms with E-state index < -0.39 is 186 Å². The summed E-state index contributed by atoms with van der Waals surface area (Å²) < 4.78 is 5.44. The Bertz CT molecular complexity index is 2460. The second-order valence-electron chi connectivity index (χ2n) is 23.5. The molecule has 2 heterocycles. The number of hydrogen-bond donors (Lipinski definition) is 13. The Hall–Kier alpha value is -7.11. The lowest BCUT2D eigenvalue weighted by molar-refractivity contribution is -0.151. The molecule has 0 spiro atoms. The minimum atomic E-state index is -2.03. The van der Waals surface area contributed by atoms with Crippen LogP contribution in [0.1, 0.15) is 171 Å². The molecule has 29 nitrogen and oxygen atoms in total. The number of amides is 12. The van der Waals surface area contributed by atoms with Crippen molar-refractivity contribution in [2.24, 2.45) is 23.3 Å².